The van der Waals surface area contributed by atoms with Crippen LogP contribution in [0.3, 0.4) is 0 Å². The molecule has 2 unspecified atom stereocenters. The fraction of sp³-hybridized carbons (Fsp3) is 0.756. The molecule has 378 valence electrons. The molecule has 1 aromatic carbocycles. The SMILES string of the molecule is CCCCCCCCCCCCCCCCOP(=O)(O)OCCNC(=O)[C@H](C)N(CC(C)O[C@H]1[C@H](O)[C@@H](CO)O[C@H](O)[C@@H]1NC(=O)c1ccccc1)C(=O)CC[C@@H](NC(=O)[C@H](C)N)C(N)=O. The summed E-state index contributed by atoms with van der Waals surface area (Å²) in [6.45, 7) is 4.87. The topological polar surface area (TPSA) is 312 Å². The van der Waals surface area contributed by atoms with Crippen LogP contribution in [0.5, 0.6) is 0 Å². The molecule has 1 aliphatic heterocycles. The quantitative estimate of drug-likeness (QED) is 0.0349. The van der Waals surface area contributed by atoms with E-state index in [9.17, 15) is 48.8 Å². The number of primary amides is 1. The van der Waals surface area contributed by atoms with Gasteiger partial charge in [0.05, 0.1) is 32.0 Å². The van der Waals surface area contributed by atoms with Crippen LogP contribution in [-0.2, 0) is 42.3 Å². The first-order chi connectivity index (χ1) is 31.4. The van der Waals surface area contributed by atoms with Gasteiger partial charge in [-0.25, -0.2) is 4.57 Å². The smallest absolute Gasteiger partial charge is 0.394 e. The number of ether oxygens (including phenoxy) is 2. The molecule has 1 aromatic rings. The number of hydrogen-bond donors (Lipinski definition) is 9. The Morgan fingerprint density at radius 2 is 1.41 bits per heavy atom. The lowest BCUT2D eigenvalue weighted by Crippen LogP contribution is -2.65. The lowest BCUT2D eigenvalue weighted by atomic mass is 9.96. The Hall–Kier alpha value is -3.56. The van der Waals surface area contributed by atoms with Crippen LogP contribution in [0.25, 0.3) is 0 Å². The van der Waals surface area contributed by atoms with Crippen LogP contribution in [0.15, 0.2) is 30.3 Å². The molecule has 66 heavy (non-hydrogen) atoms. The lowest BCUT2D eigenvalue weighted by Gasteiger charge is -2.44. The van der Waals surface area contributed by atoms with E-state index in [1.807, 2.05) is 0 Å². The second-order valence-corrected chi connectivity index (χ2v) is 18.5. The van der Waals surface area contributed by atoms with Gasteiger partial charge in [-0.2, -0.15) is 0 Å². The van der Waals surface area contributed by atoms with Gasteiger partial charge in [0.25, 0.3) is 5.91 Å². The van der Waals surface area contributed by atoms with Gasteiger partial charge in [0.2, 0.25) is 23.6 Å². The molecule has 11 N–H and O–H groups in total. The van der Waals surface area contributed by atoms with Gasteiger partial charge in [0, 0.05) is 25.1 Å². The van der Waals surface area contributed by atoms with Crippen molar-refractivity contribution in [2.45, 2.75) is 185 Å². The van der Waals surface area contributed by atoms with Crippen molar-refractivity contribution in [3.63, 3.8) is 0 Å². The van der Waals surface area contributed by atoms with Crippen molar-refractivity contribution in [1.29, 1.82) is 0 Å². The van der Waals surface area contributed by atoms with Gasteiger partial charge in [-0.15, -0.1) is 0 Å². The van der Waals surface area contributed by atoms with E-state index < -0.39 is 112 Å². The highest BCUT2D eigenvalue weighted by Gasteiger charge is 2.47. The molecule has 0 spiro atoms. The number of phosphoric acid groups is 1. The minimum Gasteiger partial charge on any atom is -0.394 e. The van der Waals surface area contributed by atoms with Crippen LogP contribution in [-0.4, -0.2) is 142 Å². The Labute approximate surface area is 390 Å². The van der Waals surface area contributed by atoms with Crippen molar-refractivity contribution >= 4 is 37.4 Å². The summed E-state index contributed by atoms with van der Waals surface area (Å²) in [5.41, 5.74) is 11.3. The maximum absolute atomic E-state index is 13.9. The molecule has 2 rings (SSSR count). The highest BCUT2D eigenvalue weighted by Crippen LogP contribution is 2.43. The van der Waals surface area contributed by atoms with E-state index in [1.165, 1.54) is 97.1 Å². The summed E-state index contributed by atoms with van der Waals surface area (Å²) in [5, 5.41) is 39.5. The van der Waals surface area contributed by atoms with Crippen LogP contribution in [0, 0.1) is 0 Å². The van der Waals surface area contributed by atoms with E-state index in [-0.39, 0.29) is 31.7 Å². The fourth-order valence-electron chi connectivity index (χ4n) is 7.43. The highest BCUT2D eigenvalue weighted by molar-refractivity contribution is 7.47. The Morgan fingerprint density at radius 3 is 1.95 bits per heavy atom. The number of nitrogens with one attached hydrogen (secondary N) is 3. The summed E-state index contributed by atoms with van der Waals surface area (Å²) in [7, 11) is -4.42. The summed E-state index contributed by atoms with van der Waals surface area (Å²) in [6.07, 6.45) is 8.61. The number of hydrogen-bond acceptors (Lipinski definition) is 14. The molecule has 0 radical (unpaired) electrons. The monoisotopic (exact) mass is 959 g/mol. The third kappa shape index (κ3) is 22.5. The Bertz CT molecular complexity index is 1630. The maximum atomic E-state index is 13.9. The van der Waals surface area contributed by atoms with E-state index in [1.54, 1.807) is 18.2 Å². The van der Waals surface area contributed by atoms with E-state index in [2.05, 4.69) is 22.9 Å². The predicted molar refractivity (Wildman–Crippen MR) is 246 cm³/mol. The molecule has 1 heterocycles. The van der Waals surface area contributed by atoms with Crippen LogP contribution in [0.4, 0.5) is 0 Å². The fourth-order valence-corrected chi connectivity index (χ4v) is 8.18. The normalized spacial score (nSPS) is 21.1. The van der Waals surface area contributed by atoms with E-state index in [0.717, 1.165) is 24.2 Å². The van der Waals surface area contributed by atoms with E-state index in [4.69, 9.17) is 30.0 Å². The Balaban J connectivity index is 2.00. The van der Waals surface area contributed by atoms with Crippen molar-refractivity contribution in [2.75, 3.05) is 32.9 Å². The number of nitrogens with two attached hydrogens (primary N) is 2. The first kappa shape index (κ1) is 58.6. The number of unbranched alkanes of at least 4 members (excludes halogenated alkanes) is 13. The molecule has 5 amide bonds. The Morgan fingerprint density at radius 1 is 0.848 bits per heavy atom. The number of amides is 5. The summed E-state index contributed by atoms with van der Waals surface area (Å²) in [5.74, 6) is -3.62. The molecule has 1 fully saturated rings. The van der Waals surface area contributed by atoms with Crippen LogP contribution >= 0.6 is 7.82 Å². The third-order valence-corrected chi connectivity index (χ3v) is 12.4. The van der Waals surface area contributed by atoms with Crippen molar-refractivity contribution in [1.82, 2.24) is 20.9 Å². The van der Waals surface area contributed by atoms with Gasteiger partial charge >= 0.3 is 7.82 Å². The number of rotatable bonds is 35. The first-order valence-corrected chi connectivity index (χ1v) is 25.1. The van der Waals surface area contributed by atoms with Crippen LogP contribution < -0.4 is 27.4 Å². The van der Waals surface area contributed by atoms with Crippen molar-refractivity contribution in [3.8, 4) is 0 Å². The molecule has 0 saturated carbocycles. The third-order valence-electron chi connectivity index (χ3n) is 11.3. The van der Waals surface area contributed by atoms with Gasteiger partial charge < -0.3 is 62.0 Å². The number of aliphatic hydroxyl groups excluding tert-OH is 3. The molecule has 20 nitrogen and oxygen atoms in total. The van der Waals surface area contributed by atoms with Crippen LogP contribution in [0.2, 0.25) is 0 Å². The van der Waals surface area contributed by atoms with Gasteiger partial charge in [0.1, 0.15) is 36.4 Å². The number of aliphatic hydroxyl groups is 3. The molecule has 1 aliphatic rings. The van der Waals surface area contributed by atoms with E-state index in [0.29, 0.717) is 6.42 Å². The first-order valence-electron chi connectivity index (χ1n) is 23.6. The summed E-state index contributed by atoms with van der Waals surface area (Å²) in [6, 6.07) is 3.17. The second-order valence-electron chi connectivity index (χ2n) is 17.1. The Kier molecular flexibility index (Phi) is 28.6. The molecule has 0 aromatic heterocycles. The number of carbonyl (C=O) groups is 5. The molecule has 1 saturated heterocycles. The van der Waals surface area contributed by atoms with Crippen molar-refractivity contribution in [2.24, 2.45) is 11.5 Å². The van der Waals surface area contributed by atoms with Crippen molar-refractivity contribution < 1.29 is 67.3 Å². The van der Waals surface area contributed by atoms with E-state index >= 15 is 0 Å². The summed E-state index contributed by atoms with van der Waals surface area (Å²) < 4.78 is 34.2. The maximum Gasteiger partial charge on any atom is 0.472 e. The van der Waals surface area contributed by atoms with Crippen LogP contribution in [0.1, 0.15) is 141 Å². The van der Waals surface area contributed by atoms with Gasteiger partial charge in [-0.1, -0.05) is 109 Å². The average Bonchev–Trinajstić information content (AvgIpc) is 3.28. The number of carbonyl (C=O) groups excluding carboxylic acids is 5. The minimum atomic E-state index is -4.42. The number of nitrogens with zero attached hydrogens (tertiary/aromatic N) is 1. The molecule has 21 heteroatoms. The predicted octanol–water partition coefficient (Wildman–Crippen LogP) is 2.67. The zero-order valence-electron chi connectivity index (χ0n) is 39.4. The summed E-state index contributed by atoms with van der Waals surface area (Å²) >= 11 is 0. The zero-order chi connectivity index (χ0) is 49.1. The standard InChI is InChI=1S/C45H79N6O14P/c1-5-6-7-8-9-10-11-12-13-14-15-16-17-21-27-62-66(60,61)63-28-26-48-43(57)33(4)51(37(53)25-24-35(41(47)55)49-42(56)32(3)46)29-31(2)64-40-38(45(59)65-36(30-52)39(40)54)50-44(58)34-22-19-18-20-23-34/h18-20,22-23,31-33,35-36,38-40,45,52,54,59H,5-17,21,24-30,46H2,1-4H3,(H2,47,55)(H,48,57)(H,49,56)(H,50,58)(H,60,61)/t31?,32-,33-,35+,36+,38+,39+,40+,45-/m0/s1. The molecule has 0 bridgehead atoms. The lowest BCUT2D eigenvalue weighted by molar-refractivity contribution is -0.267. The molecular weight excluding hydrogens is 879 g/mol. The number of benzene rings is 1. The molecule has 10 atom stereocenters. The average molecular weight is 959 g/mol. The largest absolute Gasteiger partial charge is 0.472 e. The van der Waals surface area contributed by atoms with Gasteiger partial charge in [-0.05, 0) is 45.7 Å². The summed E-state index contributed by atoms with van der Waals surface area (Å²) in [4.78, 5) is 76.2. The van der Waals surface area contributed by atoms with Crippen molar-refractivity contribution in [3.05, 3.63) is 35.9 Å². The second kappa shape index (κ2) is 32.2. The highest BCUT2D eigenvalue weighted by atomic mass is 31.2. The molecular formula is C45H79N6O14P. The van der Waals surface area contributed by atoms with Gasteiger partial charge in [0.15, 0.2) is 6.29 Å². The molecule has 0 aliphatic carbocycles. The van der Waals surface area contributed by atoms with Gasteiger partial charge in [-0.3, -0.25) is 33.0 Å². The zero-order valence-corrected chi connectivity index (χ0v) is 40.2. The number of phosphoric ester groups is 1. The minimum absolute atomic E-state index is 0.0305.